The summed E-state index contributed by atoms with van der Waals surface area (Å²) < 4.78 is 0. The first-order chi connectivity index (χ1) is 10.2. The predicted octanol–water partition coefficient (Wildman–Crippen LogP) is 3.28. The summed E-state index contributed by atoms with van der Waals surface area (Å²) in [5.41, 5.74) is 8.82. The van der Waals surface area contributed by atoms with Crippen molar-refractivity contribution in [2.24, 2.45) is 5.73 Å². The van der Waals surface area contributed by atoms with E-state index in [1.165, 1.54) is 5.56 Å². The first-order valence-electron chi connectivity index (χ1n) is 6.89. The average Bonchev–Trinajstić information content (AvgIpc) is 2.49. The molecule has 0 aliphatic rings. The molecule has 0 saturated carbocycles. The number of halogens is 1. The minimum Gasteiger partial charge on any atom is -0.320 e. The topological polar surface area (TPSA) is 29.3 Å². The van der Waals surface area contributed by atoms with E-state index in [1.54, 1.807) is 0 Å². The summed E-state index contributed by atoms with van der Waals surface area (Å²) in [5, 5.41) is 0.806. The number of hydrogen-bond donors (Lipinski definition) is 1. The second-order valence-electron chi connectivity index (χ2n) is 4.93. The summed E-state index contributed by atoms with van der Waals surface area (Å²) in [6.45, 7) is 2.00. The molecule has 108 valence electrons. The molecule has 0 fully saturated rings. The second kappa shape index (κ2) is 7.85. The van der Waals surface area contributed by atoms with Gasteiger partial charge in [-0.1, -0.05) is 59.8 Å². The van der Waals surface area contributed by atoms with Crippen LogP contribution < -0.4 is 5.73 Å². The molecule has 0 aliphatic carbocycles. The van der Waals surface area contributed by atoms with Crippen LogP contribution in [0.4, 0.5) is 0 Å². The molecule has 2 aromatic carbocycles. The molecule has 0 aliphatic heterocycles. The lowest BCUT2D eigenvalue weighted by Crippen LogP contribution is -2.18. The Balaban J connectivity index is 2.10. The summed E-state index contributed by atoms with van der Waals surface area (Å²) in [4.78, 5) is 2.23. The van der Waals surface area contributed by atoms with Crippen LogP contribution in [-0.2, 0) is 13.1 Å². The monoisotopic (exact) mass is 298 g/mol. The molecule has 0 bridgehead atoms. The van der Waals surface area contributed by atoms with E-state index >= 15 is 0 Å². The Bertz CT molecular complexity index is 656. The van der Waals surface area contributed by atoms with E-state index < -0.39 is 0 Å². The molecule has 0 saturated heterocycles. The van der Waals surface area contributed by atoms with Gasteiger partial charge in [0.25, 0.3) is 0 Å². The second-order valence-corrected chi connectivity index (χ2v) is 5.33. The van der Waals surface area contributed by atoms with Crippen LogP contribution in [0.15, 0.2) is 48.5 Å². The van der Waals surface area contributed by atoms with E-state index in [2.05, 4.69) is 35.9 Å². The van der Waals surface area contributed by atoms with E-state index in [0.717, 1.165) is 29.2 Å². The average molecular weight is 299 g/mol. The lowest BCUT2D eigenvalue weighted by molar-refractivity contribution is 0.319. The number of hydrogen-bond acceptors (Lipinski definition) is 2. The highest BCUT2D eigenvalue weighted by Crippen LogP contribution is 2.18. The largest absolute Gasteiger partial charge is 0.320 e. The van der Waals surface area contributed by atoms with Gasteiger partial charge in [0, 0.05) is 23.7 Å². The fraction of sp³-hybridized carbons (Fsp3) is 0.222. The van der Waals surface area contributed by atoms with Crippen molar-refractivity contribution in [1.82, 2.24) is 4.90 Å². The molecule has 0 radical (unpaired) electrons. The van der Waals surface area contributed by atoms with Gasteiger partial charge in [-0.2, -0.15) is 0 Å². The van der Waals surface area contributed by atoms with Crippen molar-refractivity contribution in [2.45, 2.75) is 13.1 Å². The van der Waals surface area contributed by atoms with Crippen LogP contribution in [0.3, 0.4) is 0 Å². The van der Waals surface area contributed by atoms with Gasteiger partial charge < -0.3 is 5.73 Å². The van der Waals surface area contributed by atoms with E-state index in [4.69, 9.17) is 17.3 Å². The maximum absolute atomic E-state index is 6.21. The molecule has 21 heavy (non-hydrogen) atoms. The van der Waals surface area contributed by atoms with Crippen molar-refractivity contribution in [3.63, 3.8) is 0 Å². The van der Waals surface area contributed by atoms with Crippen molar-refractivity contribution >= 4 is 11.6 Å². The molecule has 0 heterocycles. The van der Waals surface area contributed by atoms with Gasteiger partial charge in [0.15, 0.2) is 0 Å². The number of nitrogens with two attached hydrogens (primary N) is 1. The van der Waals surface area contributed by atoms with Gasteiger partial charge in [-0.25, -0.2) is 0 Å². The number of benzene rings is 2. The molecule has 3 heteroatoms. The van der Waals surface area contributed by atoms with Crippen LogP contribution in [0.25, 0.3) is 0 Å². The van der Waals surface area contributed by atoms with Gasteiger partial charge in [-0.3, -0.25) is 4.90 Å². The Labute approximate surface area is 131 Å². The Morgan fingerprint density at radius 2 is 1.62 bits per heavy atom. The minimum atomic E-state index is 0.379. The standard InChI is InChI=1S/C18H19ClN2/c1-21(14-17-9-4-5-11-18(17)19)13-16-8-3-2-7-15(16)10-6-12-20/h2-5,7-9,11H,12-14,20H2,1H3. The molecule has 0 aromatic heterocycles. The summed E-state index contributed by atoms with van der Waals surface area (Å²) in [6, 6.07) is 16.1. The molecule has 0 atom stereocenters. The van der Waals surface area contributed by atoms with Crippen LogP contribution >= 0.6 is 11.6 Å². The summed E-state index contributed by atoms with van der Waals surface area (Å²) in [7, 11) is 2.08. The zero-order valence-electron chi connectivity index (χ0n) is 12.1. The summed E-state index contributed by atoms with van der Waals surface area (Å²) in [6.07, 6.45) is 0. The highest BCUT2D eigenvalue weighted by molar-refractivity contribution is 6.31. The van der Waals surface area contributed by atoms with Crippen LogP contribution in [0.2, 0.25) is 5.02 Å². The minimum absolute atomic E-state index is 0.379. The normalized spacial score (nSPS) is 10.3. The Morgan fingerprint density at radius 3 is 2.33 bits per heavy atom. The Kier molecular flexibility index (Phi) is 5.83. The van der Waals surface area contributed by atoms with Crippen molar-refractivity contribution in [1.29, 1.82) is 0 Å². The first kappa shape index (κ1) is 15.6. The molecule has 2 rings (SSSR count). The maximum atomic E-state index is 6.21. The Morgan fingerprint density at radius 1 is 1.00 bits per heavy atom. The summed E-state index contributed by atoms with van der Waals surface area (Å²) >= 11 is 6.21. The molecule has 0 unspecified atom stereocenters. The van der Waals surface area contributed by atoms with Gasteiger partial charge >= 0.3 is 0 Å². The fourth-order valence-corrected chi connectivity index (χ4v) is 2.39. The highest BCUT2D eigenvalue weighted by Gasteiger charge is 2.06. The zero-order valence-corrected chi connectivity index (χ0v) is 12.9. The maximum Gasteiger partial charge on any atom is 0.0555 e. The molecule has 2 N–H and O–H groups in total. The van der Waals surface area contributed by atoms with E-state index in [9.17, 15) is 0 Å². The van der Waals surface area contributed by atoms with Crippen LogP contribution in [0.1, 0.15) is 16.7 Å². The highest BCUT2D eigenvalue weighted by atomic mass is 35.5. The molecule has 0 spiro atoms. The van der Waals surface area contributed by atoms with Gasteiger partial charge in [-0.05, 0) is 30.3 Å². The number of rotatable bonds is 4. The van der Waals surface area contributed by atoms with E-state index in [0.29, 0.717) is 6.54 Å². The SMILES string of the molecule is CN(Cc1ccccc1Cl)Cc1ccccc1C#CCN. The van der Waals surface area contributed by atoms with Crippen LogP contribution in [-0.4, -0.2) is 18.5 Å². The predicted molar refractivity (Wildman–Crippen MR) is 89.0 cm³/mol. The van der Waals surface area contributed by atoms with E-state index in [-0.39, 0.29) is 0 Å². The lowest BCUT2D eigenvalue weighted by atomic mass is 10.1. The molecule has 2 nitrogen and oxygen atoms in total. The van der Waals surface area contributed by atoms with Gasteiger partial charge in [0.05, 0.1) is 6.54 Å². The van der Waals surface area contributed by atoms with Gasteiger partial charge in [0.2, 0.25) is 0 Å². The van der Waals surface area contributed by atoms with Crippen molar-refractivity contribution in [3.05, 3.63) is 70.2 Å². The third-order valence-corrected chi connectivity index (χ3v) is 3.55. The fourth-order valence-electron chi connectivity index (χ4n) is 2.19. The van der Waals surface area contributed by atoms with Crippen LogP contribution in [0, 0.1) is 11.8 Å². The molecule has 2 aromatic rings. The van der Waals surface area contributed by atoms with E-state index in [1.807, 2.05) is 36.4 Å². The molecule has 0 amide bonds. The third-order valence-electron chi connectivity index (χ3n) is 3.18. The first-order valence-corrected chi connectivity index (χ1v) is 7.27. The molecular weight excluding hydrogens is 280 g/mol. The van der Waals surface area contributed by atoms with Crippen molar-refractivity contribution in [3.8, 4) is 11.8 Å². The van der Waals surface area contributed by atoms with Crippen LogP contribution in [0.5, 0.6) is 0 Å². The van der Waals surface area contributed by atoms with Crippen molar-refractivity contribution in [2.75, 3.05) is 13.6 Å². The van der Waals surface area contributed by atoms with Crippen molar-refractivity contribution < 1.29 is 0 Å². The zero-order chi connectivity index (χ0) is 15.1. The lowest BCUT2D eigenvalue weighted by Gasteiger charge is -2.18. The Hall–Kier alpha value is -1.79. The quantitative estimate of drug-likeness (QED) is 0.878. The summed E-state index contributed by atoms with van der Waals surface area (Å²) in [5.74, 6) is 6.04. The third kappa shape index (κ3) is 4.61. The smallest absolute Gasteiger partial charge is 0.0555 e. The van der Waals surface area contributed by atoms with Gasteiger partial charge in [0.1, 0.15) is 0 Å². The number of nitrogens with zero attached hydrogens (tertiary/aromatic N) is 1. The van der Waals surface area contributed by atoms with Gasteiger partial charge in [-0.15, -0.1) is 0 Å². The molecular formula is C18H19ClN2.